The molecule has 1 N–H and O–H groups in total. The second-order valence-electron chi connectivity index (χ2n) is 4.77. The van der Waals surface area contributed by atoms with Gasteiger partial charge >= 0.3 is 6.36 Å². The summed E-state index contributed by atoms with van der Waals surface area (Å²) in [5.74, 6) is -0.612. The Labute approximate surface area is 109 Å². The third-order valence-electron chi connectivity index (χ3n) is 2.82. The Bertz CT molecular complexity index is 455. The van der Waals surface area contributed by atoms with Gasteiger partial charge in [-0.3, -0.25) is 4.79 Å². The molecule has 1 aromatic carbocycles. The minimum absolute atomic E-state index is 0.251. The van der Waals surface area contributed by atoms with E-state index in [9.17, 15) is 18.0 Å². The zero-order valence-electron chi connectivity index (χ0n) is 11.0. The second kappa shape index (κ2) is 5.50. The second-order valence-corrected chi connectivity index (χ2v) is 4.77. The van der Waals surface area contributed by atoms with Crippen molar-refractivity contribution in [3.8, 4) is 5.75 Å². The SMILES string of the molecule is CCC(C)(C)C(=O)Nc1cccc(OC(F)(F)F)c1. The summed E-state index contributed by atoms with van der Waals surface area (Å²) in [6.07, 6.45) is -4.12. The minimum atomic E-state index is -4.74. The quantitative estimate of drug-likeness (QED) is 0.903. The topological polar surface area (TPSA) is 38.3 Å². The predicted molar refractivity (Wildman–Crippen MR) is 65.8 cm³/mol. The van der Waals surface area contributed by atoms with E-state index in [4.69, 9.17) is 0 Å². The van der Waals surface area contributed by atoms with Crippen molar-refractivity contribution < 1.29 is 22.7 Å². The highest BCUT2D eigenvalue weighted by Gasteiger charge is 2.31. The lowest BCUT2D eigenvalue weighted by Gasteiger charge is -2.21. The summed E-state index contributed by atoms with van der Waals surface area (Å²) in [5.41, 5.74) is -0.311. The molecule has 0 unspecified atom stereocenters. The highest BCUT2D eigenvalue weighted by atomic mass is 19.4. The first kappa shape index (κ1) is 15.3. The molecule has 19 heavy (non-hydrogen) atoms. The molecule has 0 heterocycles. The van der Waals surface area contributed by atoms with Gasteiger partial charge in [0.2, 0.25) is 5.91 Å². The molecule has 3 nitrogen and oxygen atoms in total. The van der Waals surface area contributed by atoms with Gasteiger partial charge in [-0.1, -0.05) is 26.8 Å². The first-order valence-electron chi connectivity index (χ1n) is 5.81. The zero-order chi connectivity index (χ0) is 14.7. The molecule has 0 saturated carbocycles. The lowest BCUT2D eigenvalue weighted by atomic mass is 9.89. The van der Waals surface area contributed by atoms with Gasteiger partial charge in [-0.05, 0) is 18.6 Å². The predicted octanol–water partition coefficient (Wildman–Crippen LogP) is 3.96. The fourth-order valence-corrected chi connectivity index (χ4v) is 1.23. The highest BCUT2D eigenvalue weighted by Crippen LogP contribution is 2.27. The third-order valence-corrected chi connectivity index (χ3v) is 2.82. The van der Waals surface area contributed by atoms with E-state index in [1.165, 1.54) is 18.2 Å². The average Bonchev–Trinajstić information content (AvgIpc) is 2.27. The first-order valence-corrected chi connectivity index (χ1v) is 5.81. The summed E-state index contributed by atoms with van der Waals surface area (Å²) in [4.78, 5) is 11.9. The number of carbonyl (C=O) groups excluding carboxylic acids is 1. The molecule has 106 valence electrons. The fourth-order valence-electron chi connectivity index (χ4n) is 1.23. The van der Waals surface area contributed by atoms with Gasteiger partial charge in [-0.2, -0.15) is 0 Å². The Balaban J connectivity index is 2.81. The highest BCUT2D eigenvalue weighted by molar-refractivity contribution is 5.94. The molecule has 1 aromatic rings. The molecule has 0 radical (unpaired) electrons. The number of halogens is 3. The number of anilines is 1. The van der Waals surface area contributed by atoms with Crippen LogP contribution in [0.2, 0.25) is 0 Å². The summed E-state index contributed by atoms with van der Waals surface area (Å²) in [7, 11) is 0. The van der Waals surface area contributed by atoms with Crippen LogP contribution in [-0.2, 0) is 4.79 Å². The van der Waals surface area contributed by atoms with Crippen molar-refractivity contribution in [1.29, 1.82) is 0 Å². The van der Waals surface area contributed by atoms with Gasteiger partial charge in [0, 0.05) is 17.2 Å². The fraction of sp³-hybridized carbons (Fsp3) is 0.462. The van der Waals surface area contributed by atoms with E-state index in [0.29, 0.717) is 6.42 Å². The Morgan fingerprint density at radius 2 is 1.95 bits per heavy atom. The Hall–Kier alpha value is -1.72. The largest absolute Gasteiger partial charge is 0.573 e. The Morgan fingerprint density at radius 3 is 2.47 bits per heavy atom. The van der Waals surface area contributed by atoms with Gasteiger partial charge in [0.25, 0.3) is 0 Å². The van der Waals surface area contributed by atoms with Crippen molar-refractivity contribution in [3.63, 3.8) is 0 Å². The van der Waals surface area contributed by atoms with Crippen molar-refractivity contribution in [2.45, 2.75) is 33.6 Å². The monoisotopic (exact) mass is 275 g/mol. The van der Waals surface area contributed by atoms with Crippen LogP contribution in [0, 0.1) is 5.41 Å². The van der Waals surface area contributed by atoms with Crippen LogP contribution in [0.4, 0.5) is 18.9 Å². The van der Waals surface area contributed by atoms with E-state index < -0.39 is 11.8 Å². The number of nitrogens with one attached hydrogen (secondary N) is 1. The van der Waals surface area contributed by atoms with Crippen molar-refractivity contribution >= 4 is 11.6 Å². The van der Waals surface area contributed by atoms with Crippen LogP contribution in [0.3, 0.4) is 0 Å². The molecule has 1 amide bonds. The van der Waals surface area contributed by atoms with Crippen LogP contribution in [0.15, 0.2) is 24.3 Å². The van der Waals surface area contributed by atoms with E-state index >= 15 is 0 Å². The summed E-state index contributed by atoms with van der Waals surface area (Å²) in [5, 5.41) is 2.57. The molecule has 1 rings (SSSR count). The molecule has 6 heteroatoms. The number of ether oxygens (including phenoxy) is 1. The van der Waals surface area contributed by atoms with Crippen LogP contribution in [0.1, 0.15) is 27.2 Å². The maximum absolute atomic E-state index is 12.1. The van der Waals surface area contributed by atoms with Crippen LogP contribution in [0.25, 0.3) is 0 Å². The third kappa shape index (κ3) is 4.81. The molecular weight excluding hydrogens is 259 g/mol. The summed E-state index contributed by atoms with van der Waals surface area (Å²) in [6, 6.07) is 5.20. The number of hydrogen-bond acceptors (Lipinski definition) is 2. The Morgan fingerprint density at radius 1 is 1.32 bits per heavy atom. The van der Waals surface area contributed by atoms with E-state index in [-0.39, 0.29) is 17.3 Å². The molecule has 0 aromatic heterocycles. The minimum Gasteiger partial charge on any atom is -0.406 e. The molecule has 0 spiro atoms. The number of amides is 1. The van der Waals surface area contributed by atoms with Crippen LogP contribution in [0.5, 0.6) is 5.75 Å². The average molecular weight is 275 g/mol. The maximum Gasteiger partial charge on any atom is 0.573 e. The van der Waals surface area contributed by atoms with Crippen molar-refractivity contribution in [2.75, 3.05) is 5.32 Å². The lowest BCUT2D eigenvalue weighted by molar-refractivity contribution is -0.274. The summed E-state index contributed by atoms with van der Waals surface area (Å²) >= 11 is 0. The van der Waals surface area contributed by atoms with E-state index in [1.54, 1.807) is 13.8 Å². The first-order chi connectivity index (χ1) is 8.64. The van der Waals surface area contributed by atoms with Gasteiger partial charge < -0.3 is 10.1 Å². The Kier molecular flexibility index (Phi) is 4.44. The van der Waals surface area contributed by atoms with Crippen molar-refractivity contribution in [1.82, 2.24) is 0 Å². The number of rotatable bonds is 4. The van der Waals surface area contributed by atoms with E-state index in [1.807, 2.05) is 6.92 Å². The van der Waals surface area contributed by atoms with Gasteiger partial charge in [0.05, 0.1) is 0 Å². The van der Waals surface area contributed by atoms with E-state index in [2.05, 4.69) is 10.1 Å². The molecule has 0 atom stereocenters. The van der Waals surface area contributed by atoms with Crippen LogP contribution in [-0.4, -0.2) is 12.3 Å². The van der Waals surface area contributed by atoms with Crippen molar-refractivity contribution in [3.05, 3.63) is 24.3 Å². The van der Waals surface area contributed by atoms with Crippen molar-refractivity contribution in [2.24, 2.45) is 5.41 Å². The molecule has 0 aliphatic heterocycles. The zero-order valence-corrected chi connectivity index (χ0v) is 11.0. The number of alkyl halides is 3. The molecule has 0 aliphatic carbocycles. The molecule has 0 saturated heterocycles. The standard InChI is InChI=1S/C13H16F3NO2/c1-4-12(2,3)11(18)17-9-6-5-7-10(8-9)19-13(14,15)16/h5-8H,4H2,1-3H3,(H,17,18). The number of carbonyl (C=O) groups is 1. The smallest absolute Gasteiger partial charge is 0.406 e. The lowest BCUT2D eigenvalue weighted by Crippen LogP contribution is -2.30. The van der Waals surface area contributed by atoms with Gasteiger partial charge in [-0.25, -0.2) is 0 Å². The van der Waals surface area contributed by atoms with Gasteiger partial charge in [0.1, 0.15) is 5.75 Å². The molecular formula is C13H16F3NO2. The normalized spacial score (nSPS) is 12.1. The number of benzene rings is 1. The number of hydrogen-bond donors (Lipinski definition) is 1. The summed E-state index contributed by atoms with van der Waals surface area (Å²) < 4.78 is 40.0. The van der Waals surface area contributed by atoms with E-state index in [0.717, 1.165) is 6.07 Å². The molecule has 0 bridgehead atoms. The maximum atomic E-state index is 12.1. The van der Waals surface area contributed by atoms with Crippen LogP contribution < -0.4 is 10.1 Å². The van der Waals surface area contributed by atoms with Crippen LogP contribution >= 0.6 is 0 Å². The molecule has 0 fully saturated rings. The van der Waals surface area contributed by atoms with Gasteiger partial charge in [0.15, 0.2) is 0 Å². The molecule has 0 aliphatic rings. The van der Waals surface area contributed by atoms with Gasteiger partial charge in [-0.15, -0.1) is 13.2 Å². The summed E-state index contributed by atoms with van der Waals surface area (Å²) in [6.45, 7) is 5.39.